The molecule has 1 atom stereocenters. The Kier molecular flexibility index (Phi) is 2.95. The predicted octanol–water partition coefficient (Wildman–Crippen LogP) is 3.34. The molecule has 0 fully saturated rings. The van der Waals surface area contributed by atoms with Crippen molar-refractivity contribution in [3.8, 4) is 11.1 Å². The van der Waals surface area contributed by atoms with E-state index in [1.165, 1.54) is 0 Å². The van der Waals surface area contributed by atoms with E-state index in [1.54, 1.807) is 0 Å². The normalized spacial score (nSPS) is 17.4. The van der Waals surface area contributed by atoms with E-state index in [0.29, 0.717) is 13.0 Å². The minimum Gasteiger partial charge on any atom is -0.481 e. The molecule has 0 bridgehead atoms. The molecule has 0 saturated heterocycles. The number of fused-ring (bicyclic) bond motifs is 1. The van der Waals surface area contributed by atoms with Crippen molar-refractivity contribution in [3.63, 3.8) is 0 Å². The largest absolute Gasteiger partial charge is 0.481 e. The van der Waals surface area contributed by atoms with E-state index in [9.17, 15) is 9.90 Å². The summed E-state index contributed by atoms with van der Waals surface area (Å²) in [4.78, 5) is 11.3. The van der Waals surface area contributed by atoms with Crippen molar-refractivity contribution in [2.75, 3.05) is 11.9 Å². The predicted molar refractivity (Wildman–Crippen MR) is 75.4 cm³/mol. The second-order valence-corrected chi connectivity index (χ2v) is 4.77. The van der Waals surface area contributed by atoms with Gasteiger partial charge in [0.05, 0.1) is 5.92 Å². The number of hydrogen-bond acceptors (Lipinski definition) is 2. The highest BCUT2D eigenvalue weighted by Crippen LogP contribution is 2.35. The first kappa shape index (κ1) is 11.8. The van der Waals surface area contributed by atoms with Gasteiger partial charge in [-0.2, -0.15) is 0 Å². The molecule has 0 amide bonds. The molecule has 96 valence electrons. The number of nitrogens with one attached hydrogen (secondary N) is 1. The Labute approximate surface area is 111 Å². The van der Waals surface area contributed by atoms with Gasteiger partial charge in [0, 0.05) is 12.2 Å². The number of carbonyl (C=O) groups is 1. The first-order valence-electron chi connectivity index (χ1n) is 6.42. The van der Waals surface area contributed by atoms with E-state index >= 15 is 0 Å². The number of carboxylic acids is 1. The van der Waals surface area contributed by atoms with Crippen molar-refractivity contribution in [2.45, 2.75) is 12.3 Å². The Morgan fingerprint density at radius 1 is 1.11 bits per heavy atom. The maximum Gasteiger partial charge on any atom is 0.311 e. The van der Waals surface area contributed by atoms with Gasteiger partial charge in [0.15, 0.2) is 0 Å². The van der Waals surface area contributed by atoms with Crippen LogP contribution in [0.2, 0.25) is 0 Å². The van der Waals surface area contributed by atoms with Gasteiger partial charge in [-0.15, -0.1) is 0 Å². The molecule has 1 aliphatic heterocycles. The van der Waals surface area contributed by atoms with Crippen LogP contribution in [0.3, 0.4) is 0 Å². The summed E-state index contributed by atoms with van der Waals surface area (Å²) in [5.74, 6) is -1.15. The van der Waals surface area contributed by atoms with Crippen molar-refractivity contribution in [1.82, 2.24) is 0 Å². The highest BCUT2D eigenvalue weighted by atomic mass is 16.4. The summed E-state index contributed by atoms with van der Waals surface area (Å²) < 4.78 is 0. The molecule has 2 N–H and O–H groups in total. The van der Waals surface area contributed by atoms with Gasteiger partial charge in [0.25, 0.3) is 0 Å². The topological polar surface area (TPSA) is 49.3 Å². The summed E-state index contributed by atoms with van der Waals surface area (Å²) in [5.41, 5.74) is 4.01. The van der Waals surface area contributed by atoms with Crippen molar-refractivity contribution in [2.24, 2.45) is 0 Å². The molecule has 2 aromatic carbocycles. The fourth-order valence-corrected chi connectivity index (χ4v) is 2.59. The van der Waals surface area contributed by atoms with Crippen LogP contribution in [0.1, 0.15) is 17.9 Å². The molecular formula is C16H15NO2. The summed E-state index contributed by atoms with van der Waals surface area (Å²) in [6, 6.07) is 16.0. The molecule has 1 heterocycles. The van der Waals surface area contributed by atoms with Gasteiger partial charge in [-0.3, -0.25) is 4.79 Å². The quantitative estimate of drug-likeness (QED) is 0.863. The average molecular weight is 253 g/mol. The van der Waals surface area contributed by atoms with Crippen LogP contribution >= 0.6 is 0 Å². The third kappa shape index (κ3) is 2.19. The zero-order chi connectivity index (χ0) is 13.2. The third-order valence-electron chi connectivity index (χ3n) is 3.58. The lowest BCUT2D eigenvalue weighted by molar-refractivity contribution is -0.138. The number of rotatable bonds is 2. The van der Waals surface area contributed by atoms with Crippen LogP contribution < -0.4 is 5.32 Å². The lowest BCUT2D eigenvalue weighted by Gasteiger charge is -2.24. The summed E-state index contributed by atoms with van der Waals surface area (Å²) in [7, 11) is 0. The Morgan fingerprint density at radius 2 is 1.89 bits per heavy atom. The number of benzene rings is 2. The molecular weight excluding hydrogens is 238 g/mol. The van der Waals surface area contributed by atoms with Crippen molar-refractivity contribution < 1.29 is 9.90 Å². The highest BCUT2D eigenvalue weighted by molar-refractivity contribution is 5.82. The summed E-state index contributed by atoms with van der Waals surface area (Å²) in [5, 5.41) is 12.6. The Hall–Kier alpha value is -2.29. The van der Waals surface area contributed by atoms with E-state index in [1.807, 2.05) is 48.5 Å². The van der Waals surface area contributed by atoms with Crippen molar-refractivity contribution in [1.29, 1.82) is 0 Å². The molecule has 3 heteroatoms. The van der Waals surface area contributed by atoms with Crippen LogP contribution in [0, 0.1) is 0 Å². The van der Waals surface area contributed by atoms with Crippen LogP contribution in [0.5, 0.6) is 0 Å². The molecule has 19 heavy (non-hydrogen) atoms. The Bertz CT molecular complexity index is 607. The maximum absolute atomic E-state index is 11.3. The molecule has 0 spiro atoms. The maximum atomic E-state index is 11.3. The number of aliphatic carboxylic acids is 1. The zero-order valence-electron chi connectivity index (χ0n) is 10.5. The lowest BCUT2D eigenvalue weighted by Crippen LogP contribution is -2.22. The molecule has 0 aliphatic carbocycles. The first-order valence-corrected chi connectivity index (χ1v) is 6.42. The van der Waals surface area contributed by atoms with Crippen molar-refractivity contribution in [3.05, 3.63) is 54.1 Å². The van der Waals surface area contributed by atoms with Crippen LogP contribution in [0.4, 0.5) is 5.69 Å². The second-order valence-electron chi connectivity index (χ2n) is 4.77. The molecule has 1 aliphatic rings. The monoisotopic (exact) mass is 253 g/mol. The molecule has 0 aromatic heterocycles. The lowest BCUT2D eigenvalue weighted by atomic mass is 9.88. The third-order valence-corrected chi connectivity index (χ3v) is 3.58. The Morgan fingerprint density at radius 3 is 2.63 bits per heavy atom. The fraction of sp³-hybridized carbons (Fsp3) is 0.188. The SMILES string of the molecule is O=C(O)C1CCNc2ccc(-c3ccccc3)cc21. The van der Waals surface area contributed by atoms with Crippen LogP contribution in [0.25, 0.3) is 11.1 Å². The second kappa shape index (κ2) is 4.76. The molecule has 0 saturated carbocycles. The summed E-state index contributed by atoms with van der Waals surface area (Å²) >= 11 is 0. The van der Waals surface area contributed by atoms with Gasteiger partial charge >= 0.3 is 5.97 Å². The van der Waals surface area contributed by atoms with E-state index < -0.39 is 11.9 Å². The van der Waals surface area contributed by atoms with E-state index in [2.05, 4.69) is 5.32 Å². The van der Waals surface area contributed by atoms with Crippen LogP contribution in [-0.4, -0.2) is 17.6 Å². The first-order chi connectivity index (χ1) is 9.25. The van der Waals surface area contributed by atoms with Crippen LogP contribution in [0.15, 0.2) is 48.5 Å². The Balaban J connectivity index is 2.07. The van der Waals surface area contributed by atoms with Gasteiger partial charge in [-0.05, 0) is 35.2 Å². The van der Waals surface area contributed by atoms with Crippen molar-refractivity contribution >= 4 is 11.7 Å². The number of carboxylic acid groups (broad SMARTS) is 1. The molecule has 3 nitrogen and oxygen atoms in total. The van der Waals surface area contributed by atoms with E-state index in [0.717, 1.165) is 22.4 Å². The summed E-state index contributed by atoms with van der Waals surface area (Å²) in [6.07, 6.45) is 0.639. The number of anilines is 1. The van der Waals surface area contributed by atoms with Gasteiger partial charge in [0.1, 0.15) is 0 Å². The zero-order valence-corrected chi connectivity index (χ0v) is 10.5. The van der Waals surface area contributed by atoms with Crippen LogP contribution in [-0.2, 0) is 4.79 Å². The average Bonchev–Trinajstić information content (AvgIpc) is 2.47. The molecule has 2 aromatic rings. The van der Waals surface area contributed by atoms with Gasteiger partial charge in [0.2, 0.25) is 0 Å². The standard InChI is InChI=1S/C16H15NO2/c18-16(19)13-8-9-17-15-7-6-12(10-14(13)15)11-4-2-1-3-5-11/h1-7,10,13,17H,8-9H2,(H,18,19). The van der Waals surface area contributed by atoms with E-state index in [-0.39, 0.29) is 0 Å². The summed E-state index contributed by atoms with van der Waals surface area (Å²) in [6.45, 7) is 0.717. The minimum absolute atomic E-state index is 0.403. The molecule has 3 rings (SSSR count). The van der Waals surface area contributed by atoms with Gasteiger partial charge in [-0.1, -0.05) is 36.4 Å². The van der Waals surface area contributed by atoms with Gasteiger partial charge in [-0.25, -0.2) is 0 Å². The van der Waals surface area contributed by atoms with E-state index in [4.69, 9.17) is 0 Å². The molecule has 1 unspecified atom stereocenters. The number of hydrogen-bond donors (Lipinski definition) is 2. The minimum atomic E-state index is -0.743. The highest BCUT2D eigenvalue weighted by Gasteiger charge is 2.26. The van der Waals surface area contributed by atoms with Gasteiger partial charge < -0.3 is 10.4 Å². The smallest absolute Gasteiger partial charge is 0.311 e. The fourth-order valence-electron chi connectivity index (χ4n) is 2.59. The molecule has 0 radical (unpaired) electrons.